The molecule has 1 aliphatic carbocycles. The van der Waals surface area contributed by atoms with Gasteiger partial charge in [-0.25, -0.2) is 17.6 Å². The van der Waals surface area contributed by atoms with Crippen LogP contribution in [0.15, 0.2) is 29.2 Å². The molecule has 2 aromatic heterocycles. The van der Waals surface area contributed by atoms with E-state index in [0.29, 0.717) is 5.01 Å². The van der Waals surface area contributed by atoms with Crippen LogP contribution in [0, 0.1) is 17.6 Å². The standard InChI is InChI=1S/C26H27F4N5O3S/c1-4-34-24(38)20-22(37)21(36)17(23-32-31-19(39-23)11-14-5-6-16(27)12-18(14)28)13-35(20)33(3)26(34)9-7-15(8-10-26)25(2,29)30/h5-6,12-13,15,37H,4,7-11H2,1-3H3. The Bertz CT molecular complexity index is 1490. The van der Waals surface area contributed by atoms with E-state index < -0.39 is 46.2 Å². The number of halogens is 4. The van der Waals surface area contributed by atoms with E-state index in [-0.39, 0.29) is 60.5 Å². The lowest BCUT2D eigenvalue weighted by atomic mass is 9.77. The zero-order valence-electron chi connectivity index (χ0n) is 21.5. The maximum Gasteiger partial charge on any atom is 0.278 e. The van der Waals surface area contributed by atoms with Gasteiger partial charge in [-0.3, -0.25) is 19.3 Å². The summed E-state index contributed by atoms with van der Waals surface area (Å²) >= 11 is 1.00. The molecule has 1 fully saturated rings. The molecule has 2 aliphatic rings. The van der Waals surface area contributed by atoms with Crippen molar-refractivity contribution in [2.24, 2.45) is 5.92 Å². The molecule has 0 atom stereocenters. The lowest BCUT2D eigenvalue weighted by molar-refractivity contribution is -0.0764. The maximum atomic E-state index is 14.1. The molecule has 0 unspecified atom stereocenters. The van der Waals surface area contributed by atoms with E-state index in [2.05, 4.69) is 10.2 Å². The molecule has 8 nitrogen and oxygen atoms in total. The number of carbonyl (C=O) groups excluding carboxylic acids is 1. The number of aromatic hydroxyl groups is 1. The number of nitrogens with zero attached hydrogens (tertiary/aromatic N) is 5. The number of carbonyl (C=O) groups is 1. The summed E-state index contributed by atoms with van der Waals surface area (Å²) in [5, 5.41) is 21.2. The zero-order chi connectivity index (χ0) is 28.3. The molecule has 39 heavy (non-hydrogen) atoms. The van der Waals surface area contributed by atoms with E-state index in [4.69, 9.17) is 0 Å². The van der Waals surface area contributed by atoms with Gasteiger partial charge >= 0.3 is 0 Å². The number of pyridine rings is 1. The first-order chi connectivity index (χ1) is 18.4. The Morgan fingerprint density at radius 1 is 1.18 bits per heavy atom. The second-order valence-electron chi connectivity index (χ2n) is 10.1. The second kappa shape index (κ2) is 9.61. The van der Waals surface area contributed by atoms with Crippen LogP contribution in [-0.4, -0.2) is 56.0 Å². The molecule has 1 N–H and O–H groups in total. The van der Waals surface area contributed by atoms with E-state index in [1.54, 1.807) is 19.0 Å². The zero-order valence-corrected chi connectivity index (χ0v) is 22.4. The normalized spacial score (nSPS) is 21.5. The summed E-state index contributed by atoms with van der Waals surface area (Å²) in [6.45, 7) is 2.93. The summed E-state index contributed by atoms with van der Waals surface area (Å²) in [6.07, 6.45) is 2.37. The molecule has 13 heteroatoms. The van der Waals surface area contributed by atoms with Crippen LogP contribution in [0.25, 0.3) is 10.6 Å². The number of amides is 1. The van der Waals surface area contributed by atoms with Crippen LogP contribution < -0.4 is 10.4 Å². The van der Waals surface area contributed by atoms with Crippen LogP contribution in [0.2, 0.25) is 0 Å². The van der Waals surface area contributed by atoms with Crippen LogP contribution in [0.3, 0.4) is 0 Å². The molecule has 1 saturated carbocycles. The predicted molar refractivity (Wildman–Crippen MR) is 137 cm³/mol. The van der Waals surface area contributed by atoms with Crippen molar-refractivity contribution in [3.05, 3.63) is 62.5 Å². The first kappa shape index (κ1) is 27.1. The molecule has 1 amide bonds. The number of benzene rings is 1. The van der Waals surface area contributed by atoms with Crippen molar-refractivity contribution in [1.82, 2.24) is 19.8 Å². The Morgan fingerprint density at radius 3 is 2.49 bits per heavy atom. The van der Waals surface area contributed by atoms with Gasteiger partial charge in [0.2, 0.25) is 11.4 Å². The fraction of sp³-hybridized carbons (Fsp3) is 0.462. The van der Waals surface area contributed by atoms with Crippen LogP contribution in [0.1, 0.15) is 60.6 Å². The summed E-state index contributed by atoms with van der Waals surface area (Å²) in [6, 6.07) is 3.20. The lowest BCUT2D eigenvalue weighted by Gasteiger charge is -2.57. The van der Waals surface area contributed by atoms with Gasteiger partial charge in [-0.2, -0.15) is 0 Å². The molecule has 3 heterocycles. The van der Waals surface area contributed by atoms with Gasteiger partial charge in [0.25, 0.3) is 5.91 Å². The SMILES string of the molecule is CCN1C(=O)c2c(O)c(=O)c(-c3nnc(Cc4ccc(F)cc4F)s3)cn2N(C)C12CCC(C(C)(F)F)CC2. The molecule has 1 spiro atoms. The minimum absolute atomic E-state index is 0.0121. The van der Waals surface area contributed by atoms with Gasteiger partial charge in [0, 0.05) is 38.2 Å². The highest BCUT2D eigenvalue weighted by molar-refractivity contribution is 7.14. The fourth-order valence-electron chi connectivity index (χ4n) is 5.75. The Labute approximate surface area is 225 Å². The monoisotopic (exact) mass is 565 g/mol. The minimum atomic E-state index is -2.84. The van der Waals surface area contributed by atoms with Crippen LogP contribution in [-0.2, 0) is 6.42 Å². The molecule has 0 bridgehead atoms. The smallest absolute Gasteiger partial charge is 0.278 e. The Balaban J connectivity index is 1.53. The van der Waals surface area contributed by atoms with Crippen molar-refractivity contribution in [2.45, 2.75) is 57.5 Å². The Morgan fingerprint density at radius 2 is 1.87 bits per heavy atom. The number of aromatic nitrogens is 3. The Hall–Kier alpha value is -3.48. The van der Waals surface area contributed by atoms with Crippen molar-refractivity contribution >= 4 is 17.2 Å². The molecule has 1 aromatic carbocycles. The largest absolute Gasteiger partial charge is 0.502 e. The molecule has 3 aromatic rings. The first-order valence-corrected chi connectivity index (χ1v) is 13.4. The van der Waals surface area contributed by atoms with Crippen LogP contribution in [0.5, 0.6) is 5.75 Å². The van der Waals surface area contributed by atoms with Crippen molar-refractivity contribution in [3.63, 3.8) is 0 Å². The van der Waals surface area contributed by atoms with Crippen molar-refractivity contribution in [3.8, 4) is 16.3 Å². The van der Waals surface area contributed by atoms with Crippen LogP contribution >= 0.6 is 11.3 Å². The summed E-state index contributed by atoms with van der Waals surface area (Å²) in [7, 11) is 1.69. The average molecular weight is 566 g/mol. The van der Waals surface area contributed by atoms with E-state index >= 15 is 0 Å². The van der Waals surface area contributed by atoms with Gasteiger partial charge in [0.15, 0.2) is 16.5 Å². The fourth-order valence-corrected chi connectivity index (χ4v) is 6.62. The van der Waals surface area contributed by atoms with Gasteiger partial charge in [0.05, 0.1) is 5.56 Å². The number of alkyl halides is 2. The third-order valence-electron chi connectivity index (χ3n) is 7.91. The van der Waals surface area contributed by atoms with Gasteiger partial charge in [0.1, 0.15) is 22.3 Å². The second-order valence-corrected chi connectivity index (χ2v) is 11.2. The molecule has 0 radical (unpaired) electrons. The summed E-state index contributed by atoms with van der Waals surface area (Å²) in [5.74, 6) is -6.41. The third kappa shape index (κ3) is 4.46. The Kier molecular flexibility index (Phi) is 6.68. The lowest BCUT2D eigenvalue weighted by Crippen LogP contribution is -2.70. The number of fused-ring (bicyclic) bond motifs is 1. The van der Waals surface area contributed by atoms with Crippen molar-refractivity contribution in [1.29, 1.82) is 0 Å². The van der Waals surface area contributed by atoms with Gasteiger partial charge in [-0.15, -0.1) is 10.2 Å². The van der Waals surface area contributed by atoms with Crippen molar-refractivity contribution in [2.75, 3.05) is 18.6 Å². The minimum Gasteiger partial charge on any atom is -0.502 e. The molecular weight excluding hydrogens is 538 g/mol. The maximum absolute atomic E-state index is 14.1. The number of hydrogen-bond acceptors (Lipinski definition) is 7. The average Bonchev–Trinajstić information content (AvgIpc) is 3.34. The third-order valence-corrected chi connectivity index (χ3v) is 8.87. The summed E-state index contributed by atoms with van der Waals surface area (Å²) in [4.78, 5) is 28.3. The topological polar surface area (TPSA) is 91.6 Å². The highest BCUT2D eigenvalue weighted by Gasteiger charge is 2.53. The number of rotatable bonds is 5. The van der Waals surface area contributed by atoms with Gasteiger partial charge < -0.3 is 10.0 Å². The molecule has 5 rings (SSSR count). The molecular formula is C26H27F4N5O3S. The molecule has 208 valence electrons. The van der Waals surface area contributed by atoms with E-state index in [0.717, 1.165) is 30.4 Å². The van der Waals surface area contributed by atoms with E-state index in [1.165, 1.54) is 21.8 Å². The summed E-state index contributed by atoms with van der Waals surface area (Å²) in [5.41, 5.74) is -1.79. The van der Waals surface area contributed by atoms with E-state index in [9.17, 15) is 32.3 Å². The number of hydrogen-bond donors (Lipinski definition) is 1. The molecule has 1 aliphatic heterocycles. The van der Waals surface area contributed by atoms with Crippen molar-refractivity contribution < 1.29 is 27.5 Å². The first-order valence-electron chi connectivity index (χ1n) is 12.6. The van der Waals surface area contributed by atoms with Gasteiger partial charge in [-0.05, 0) is 51.2 Å². The van der Waals surface area contributed by atoms with Gasteiger partial charge in [-0.1, -0.05) is 17.4 Å². The molecule has 0 saturated heterocycles. The highest BCUT2D eigenvalue weighted by atomic mass is 32.1. The predicted octanol–water partition coefficient (Wildman–Crippen LogP) is 4.53. The quantitative estimate of drug-likeness (QED) is 0.458. The highest BCUT2D eigenvalue weighted by Crippen LogP contribution is 2.46. The summed E-state index contributed by atoms with van der Waals surface area (Å²) < 4.78 is 56.9. The van der Waals surface area contributed by atoms with E-state index in [1.807, 2.05) is 0 Å². The van der Waals surface area contributed by atoms with Crippen LogP contribution in [0.4, 0.5) is 17.6 Å².